The van der Waals surface area contributed by atoms with E-state index in [4.69, 9.17) is 16.3 Å². The van der Waals surface area contributed by atoms with Gasteiger partial charge >= 0.3 is 5.97 Å². The van der Waals surface area contributed by atoms with Crippen LogP contribution in [0.4, 0.5) is 0 Å². The Balaban J connectivity index is 1.84. The van der Waals surface area contributed by atoms with Gasteiger partial charge in [0.25, 0.3) is 5.91 Å². The Morgan fingerprint density at radius 2 is 2.12 bits per heavy atom. The van der Waals surface area contributed by atoms with Gasteiger partial charge in [0.15, 0.2) is 0 Å². The molecule has 0 atom stereocenters. The predicted molar refractivity (Wildman–Crippen MR) is 102 cm³/mol. The largest absolute Gasteiger partial charge is 0.462 e. The highest BCUT2D eigenvalue weighted by molar-refractivity contribution is 7.20. The van der Waals surface area contributed by atoms with Crippen molar-refractivity contribution in [2.45, 2.75) is 26.9 Å². The summed E-state index contributed by atoms with van der Waals surface area (Å²) < 4.78 is 6.78. The molecular formula is C18H18ClN3O3S. The number of hydrogen-bond acceptors (Lipinski definition) is 5. The summed E-state index contributed by atoms with van der Waals surface area (Å²) in [5.41, 5.74) is 1.64. The second-order valence-electron chi connectivity index (χ2n) is 6.03. The molecule has 0 bridgehead atoms. The minimum Gasteiger partial charge on any atom is -0.462 e. The number of rotatable bonds is 5. The fourth-order valence-electron chi connectivity index (χ4n) is 2.49. The lowest BCUT2D eigenvalue weighted by molar-refractivity contribution is -0.146. The number of ether oxygens (including phenoxy) is 1. The van der Waals surface area contributed by atoms with Gasteiger partial charge in [-0.2, -0.15) is 5.10 Å². The van der Waals surface area contributed by atoms with E-state index in [0.29, 0.717) is 9.90 Å². The Morgan fingerprint density at radius 3 is 2.81 bits per heavy atom. The molecule has 0 aliphatic carbocycles. The fourth-order valence-corrected chi connectivity index (χ4v) is 3.77. The van der Waals surface area contributed by atoms with Crippen LogP contribution in [-0.2, 0) is 9.53 Å². The maximum Gasteiger partial charge on any atom is 0.325 e. The minimum atomic E-state index is -0.462. The summed E-state index contributed by atoms with van der Waals surface area (Å²) >= 11 is 7.38. The van der Waals surface area contributed by atoms with E-state index in [1.165, 1.54) is 11.3 Å². The van der Waals surface area contributed by atoms with Crippen LogP contribution < -0.4 is 5.32 Å². The predicted octanol–water partition coefficient (Wildman–Crippen LogP) is 3.73. The zero-order valence-corrected chi connectivity index (χ0v) is 16.1. The van der Waals surface area contributed by atoms with Crippen LogP contribution in [0.25, 0.3) is 15.9 Å². The maximum atomic E-state index is 12.4. The highest BCUT2D eigenvalue weighted by Gasteiger charge is 2.18. The summed E-state index contributed by atoms with van der Waals surface area (Å²) in [5, 5.41) is 8.63. The Bertz CT molecular complexity index is 977. The molecule has 0 fully saturated rings. The zero-order valence-electron chi connectivity index (χ0n) is 14.6. The molecule has 0 unspecified atom stereocenters. The molecule has 0 radical (unpaired) electrons. The summed E-state index contributed by atoms with van der Waals surface area (Å²) in [6.45, 7) is 5.24. The van der Waals surface area contributed by atoms with Gasteiger partial charge in [0, 0.05) is 10.4 Å². The number of fused-ring (bicyclic) bond motifs is 1. The van der Waals surface area contributed by atoms with Gasteiger partial charge in [-0.25, -0.2) is 4.68 Å². The Hall–Kier alpha value is -2.38. The maximum absolute atomic E-state index is 12.4. The van der Waals surface area contributed by atoms with Crippen LogP contribution in [0, 0.1) is 6.92 Å². The average Bonchev–Trinajstić information content (AvgIpc) is 3.13. The van der Waals surface area contributed by atoms with Crippen molar-refractivity contribution in [2.75, 3.05) is 6.54 Å². The summed E-state index contributed by atoms with van der Waals surface area (Å²) in [5.74, 6) is -0.778. The van der Waals surface area contributed by atoms with Crippen LogP contribution in [0.15, 0.2) is 30.3 Å². The first-order chi connectivity index (χ1) is 12.3. The molecule has 1 amide bonds. The van der Waals surface area contributed by atoms with Crippen molar-refractivity contribution >= 4 is 45.0 Å². The zero-order chi connectivity index (χ0) is 18.8. The Morgan fingerprint density at radius 1 is 1.35 bits per heavy atom. The molecule has 0 saturated carbocycles. The lowest BCUT2D eigenvalue weighted by Crippen LogP contribution is -2.31. The second kappa shape index (κ2) is 7.47. The molecule has 1 aromatic carbocycles. The van der Waals surface area contributed by atoms with Crippen molar-refractivity contribution in [1.82, 2.24) is 15.1 Å². The van der Waals surface area contributed by atoms with Crippen LogP contribution in [0.5, 0.6) is 0 Å². The smallest absolute Gasteiger partial charge is 0.325 e. The van der Waals surface area contributed by atoms with E-state index >= 15 is 0 Å². The number of halogens is 1. The van der Waals surface area contributed by atoms with Gasteiger partial charge in [0.1, 0.15) is 11.4 Å². The van der Waals surface area contributed by atoms with E-state index in [9.17, 15) is 9.59 Å². The standard InChI is InChI=1S/C18H18ClN3O3S/c1-10(2)25-16(23)9-20-17(24)15-8-14-11(3)21-22(18(14)26-15)13-6-4-5-12(19)7-13/h4-8,10H,9H2,1-3H3,(H,20,24). The number of carbonyl (C=O) groups is 2. The van der Waals surface area contributed by atoms with Gasteiger partial charge in [-0.15, -0.1) is 11.3 Å². The van der Waals surface area contributed by atoms with Crippen molar-refractivity contribution < 1.29 is 14.3 Å². The van der Waals surface area contributed by atoms with E-state index in [1.54, 1.807) is 30.7 Å². The number of aromatic nitrogens is 2. The summed E-state index contributed by atoms with van der Waals surface area (Å²) in [6.07, 6.45) is -0.213. The fraction of sp³-hybridized carbons (Fsp3) is 0.278. The molecule has 0 spiro atoms. The molecule has 8 heteroatoms. The topological polar surface area (TPSA) is 73.2 Å². The number of amides is 1. The van der Waals surface area contributed by atoms with Crippen molar-refractivity contribution in [2.24, 2.45) is 0 Å². The van der Waals surface area contributed by atoms with Gasteiger partial charge in [-0.3, -0.25) is 9.59 Å². The monoisotopic (exact) mass is 391 g/mol. The third-order valence-electron chi connectivity index (χ3n) is 3.58. The number of benzene rings is 1. The molecule has 0 saturated heterocycles. The van der Waals surface area contributed by atoms with Crippen molar-refractivity contribution in [3.63, 3.8) is 0 Å². The van der Waals surface area contributed by atoms with E-state index in [-0.39, 0.29) is 18.6 Å². The van der Waals surface area contributed by atoms with E-state index < -0.39 is 5.97 Å². The minimum absolute atomic E-state index is 0.162. The Kier molecular flexibility index (Phi) is 5.29. The van der Waals surface area contributed by atoms with Crippen molar-refractivity contribution in [1.29, 1.82) is 0 Å². The first kappa shape index (κ1) is 18.4. The SMILES string of the molecule is Cc1nn(-c2cccc(Cl)c2)c2sc(C(=O)NCC(=O)OC(C)C)cc12. The molecule has 0 aliphatic rings. The quantitative estimate of drug-likeness (QED) is 0.672. The summed E-state index contributed by atoms with van der Waals surface area (Å²) in [7, 11) is 0. The molecule has 136 valence electrons. The number of hydrogen-bond donors (Lipinski definition) is 1. The lowest BCUT2D eigenvalue weighted by Gasteiger charge is -2.08. The molecule has 2 aromatic heterocycles. The summed E-state index contributed by atoms with van der Waals surface area (Å²) in [6, 6.07) is 9.14. The van der Waals surface area contributed by atoms with Crippen LogP contribution in [0.1, 0.15) is 29.2 Å². The van der Waals surface area contributed by atoms with Crippen molar-refractivity contribution in [3.05, 3.63) is 45.9 Å². The second-order valence-corrected chi connectivity index (χ2v) is 7.49. The van der Waals surface area contributed by atoms with Crippen LogP contribution in [0.3, 0.4) is 0 Å². The van der Waals surface area contributed by atoms with Gasteiger partial charge in [0.2, 0.25) is 0 Å². The van der Waals surface area contributed by atoms with Crippen molar-refractivity contribution in [3.8, 4) is 5.69 Å². The number of aryl methyl sites for hydroxylation is 1. The van der Waals surface area contributed by atoms with E-state index in [1.807, 2.05) is 25.1 Å². The van der Waals surface area contributed by atoms with E-state index in [2.05, 4.69) is 10.4 Å². The molecule has 3 rings (SSSR count). The average molecular weight is 392 g/mol. The van der Waals surface area contributed by atoms with Gasteiger partial charge in [0.05, 0.1) is 22.4 Å². The van der Waals surface area contributed by atoms with Crippen LogP contribution >= 0.6 is 22.9 Å². The first-order valence-corrected chi connectivity index (χ1v) is 9.27. The number of thiophene rings is 1. The molecule has 26 heavy (non-hydrogen) atoms. The highest BCUT2D eigenvalue weighted by atomic mass is 35.5. The summed E-state index contributed by atoms with van der Waals surface area (Å²) in [4.78, 5) is 25.3. The first-order valence-electron chi connectivity index (χ1n) is 8.08. The number of nitrogens with one attached hydrogen (secondary N) is 1. The van der Waals surface area contributed by atoms with Gasteiger partial charge in [-0.05, 0) is 45.0 Å². The molecule has 2 heterocycles. The highest BCUT2D eigenvalue weighted by Crippen LogP contribution is 2.30. The lowest BCUT2D eigenvalue weighted by atomic mass is 10.3. The normalized spacial score (nSPS) is 11.1. The number of carbonyl (C=O) groups excluding carboxylic acids is 2. The third kappa shape index (κ3) is 3.89. The molecule has 3 aromatic rings. The molecule has 0 aliphatic heterocycles. The third-order valence-corrected chi connectivity index (χ3v) is 4.93. The van der Waals surface area contributed by atoms with Gasteiger partial charge < -0.3 is 10.1 Å². The van der Waals surface area contributed by atoms with Crippen LogP contribution in [-0.4, -0.2) is 34.3 Å². The Labute approximate surface area is 159 Å². The van der Waals surface area contributed by atoms with E-state index in [0.717, 1.165) is 21.6 Å². The molecular weight excluding hydrogens is 374 g/mol. The number of esters is 1. The molecule has 1 N–H and O–H groups in total. The van der Waals surface area contributed by atoms with Crippen LogP contribution in [0.2, 0.25) is 5.02 Å². The molecule has 6 nitrogen and oxygen atoms in total. The van der Waals surface area contributed by atoms with Gasteiger partial charge in [-0.1, -0.05) is 17.7 Å². The number of nitrogens with zero attached hydrogens (tertiary/aromatic N) is 2.